The van der Waals surface area contributed by atoms with Gasteiger partial charge in [-0.05, 0) is 58.1 Å². The molecule has 2 rings (SSSR count). The molecule has 0 saturated carbocycles. The van der Waals surface area contributed by atoms with Gasteiger partial charge in [0, 0.05) is 6.20 Å². The Balaban J connectivity index is 2.19. The van der Waals surface area contributed by atoms with E-state index in [1.165, 1.54) is 25.1 Å². The van der Waals surface area contributed by atoms with Crippen LogP contribution in [0.4, 0.5) is 0 Å². The number of nitrogens with zero attached hydrogens (tertiary/aromatic N) is 2. The van der Waals surface area contributed by atoms with E-state index in [1.54, 1.807) is 0 Å². The summed E-state index contributed by atoms with van der Waals surface area (Å²) >= 11 is 0. The fourth-order valence-corrected chi connectivity index (χ4v) is 2.75. The number of hydrogen-bond donors (Lipinski definition) is 1. The Labute approximate surface area is 97.9 Å². The molecule has 0 radical (unpaired) electrons. The first-order valence-corrected chi connectivity index (χ1v) is 6.08. The van der Waals surface area contributed by atoms with Crippen LogP contribution in [0.15, 0.2) is 24.4 Å². The van der Waals surface area contributed by atoms with Gasteiger partial charge in [-0.1, -0.05) is 6.07 Å². The van der Waals surface area contributed by atoms with E-state index >= 15 is 0 Å². The maximum absolute atomic E-state index is 4.52. The number of likely N-dealkylation sites (tertiary alicyclic amines) is 1. The molecule has 1 saturated heterocycles. The van der Waals surface area contributed by atoms with Crippen molar-refractivity contribution in [2.24, 2.45) is 5.92 Å². The largest absolute Gasteiger partial charge is 0.319 e. The van der Waals surface area contributed by atoms with Crippen LogP contribution < -0.4 is 5.32 Å². The first-order valence-electron chi connectivity index (χ1n) is 6.08. The van der Waals surface area contributed by atoms with E-state index in [0.717, 1.165) is 6.54 Å². The summed E-state index contributed by atoms with van der Waals surface area (Å²) in [5.74, 6) is 0.679. The summed E-state index contributed by atoms with van der Waals surface area (Å²) < 4.78 is 0. The molecule has 1 aliphatic rings. The van der Waals surface area contributed by atoms with Crippen molar-refractivity contribution in [3.8, 4) is 0 Å². The summed E-state index contributed by atoms with van der Waals surface area (Å²) in [6, 6.07) is 6.69. The highest BCUT2D eigenvalue weighted by Gasteiger charge is 2.30. The predicted octanol–water partition coefficient (Wildman–Crippen LogP) is 1.68. The van der Waals surface area contributed by atoms with Crippen molar-refractivity contribution in [2.45, 2.75) is 18.9 Å². The lowest BCUT2D eigenvalue weighted by Gasteiger charge is -2.38. The first-order chi connectivity index (χ1) is 7.83. The van der Waals surface area contributed by atoms with Crippen LogP contribution in [0.2, 0.25) is 0 Å². The lowest BCUT2D eigenvalue weighted by molar-refractivity contribution is 0.117. The van der Waals surface area contributed by atoms with Gasteiger partial charge in [-0.3, -0.25) is 9.88 Å². The number of aromatic nitrogens is 1. The number of hydrogen-bond acceptors (Lipinski definition) is 3. The van der Waals surface area contributed by atoms with E-state index in [0.29, 0.717) is 12.0 Å². The van der Waals surface area contributed by atoms with Gasteiger partial charge < -0.3 is 5.32 Å². The van der Waals surface area contributed by atoms with Crippen LogP contribution >= 0.6 is 0 Å². The van der Waals surface area contributed by atoms with Crippen molar-refractivity contribution < 1.29 is 0 Å². The molecule has 1 N–H and O–H groups in total. The Morgan fingerprint density at radius 1 is 1.50 bits per heavy atom. The molecule has 0 aromatic carbocycles. The molecule has 16 heavy (non-hydrogen) atoms. The molecule has 88 valence electrons. The summed E-state index contributed by atoms with van der Waals surface area (Å²) in [5, 5.41) is 3.30. The smallest absolute Gasteiger partial charge is 0.0578 e. The van der Waals surface area contributed by atoms with Crippen molar-refractivity contribution >= 4 is 0 Å². The topological polar surface area (TPSA) is 28.2 Å². The molecular weight excluding hydrogens is 198 g/mol. The summed E-state index contributed by atoms with van der Waals surface area (Å²) in [6.45, 7) is 2.26. The minimum absolute atomic E-state index is 0.474. The lowest BCUT2D eigenvalue weighted by atomic mass is 9.87. The molecule has 1 aromatic heterocycles. The van der Waals surface area contributed by atoms with Crippen molar-refractivity contribution in [1.82, 2.24) is 15.2 Å². The fourth-order valence-electron chi connectivity index (χ4n) is 2.75. The van der Waals surface area contributed by atoms with Crippen LogP contribution in [0, 0.1) is 5.92 Å². The van der Waals surface area contributed by atoms with Gasteiger partial charge in [0.1, 0.15) is 0 Å². The Morgan fingerprint density at radius 2 is 2.38 bits per heavy atom. The van der Waals surface area contributed by atoms with Crippen molar-refractivity contribution in [1.29, 1.82) is 0 Å². The third-order valence-electron chi connectivity index (χ3n) is 3.46. The maximum atomic E-state index is 4.52. The van der Waals surface area contributed by atoms with Gasteiger partial charge in [-0.15, -0.1) is 0 Å². The highest BCUT2D eigenvalue weighted by atomic mass is 15.2. The quantitative estimate of drug-likeness (QED) is 0.838. The Kier molecular flexibility index (Phi) is 3.91. The first kappa shape index (κ1) is 11.6. The zero-order valence-corrected chi connectivity index (χ0v) is 10.2. The Hall–Kier alpha value is -0.930. The van der Waals surface area contributed by atoms with Gasteiger partial charge in [0.15, 0.2) is 0 Å². The zero-order valence-electron chi connectivity index (χ0n) is 10.2. The minimum atomic E-state index is 0.474. The molecule has 2 heterocycles. The lowest BCUT2D eigenvalue weighted by Crippen LogP contribution is -2.40. The monoisotopic (exact) mass is 219 g/mol. The number of pyridine rings is 1. The van der Waals surface area contributed by atoms with Gasteiger partial charge in [0.25, 0.3) is 0 Å². The SMILES string of the molecule is CNCC1CCCN(C)C1c1ccccn1. The Bertz CT molecular complexity index is 310. The molecule has 1 aliphatic heterocycles. The molecular formula is C13H21N3. The molecule has 0 aliphatic carbocycles. The second-order valence-corrected chi connectivity index (χ2v) is 4.64. The second kappa shape index (κ2) is 5.41. The highest BCUT2D eigenvalue weighted by molar-refractivity contribution is 5.11. The van der Waals surface area contributed by atoms with E-state index in [1.807, 2.05) is 19.3 Å². The van der Waals surface area contributed by atoms with Crippen molar-refractivity contribution in [2.75, 3.05) is 27.2 Å². The number of piperidine rings is 1. The number of nitrogens with one attached hydrogen (secondary N) is 1. The molecule has 0 bridgehead atoms. The third-order valence-corrected chi connectivity index (χ3v) is 3.46. The molecule has 0 spiro atoms. The van der Waals surface area contributed by atoms with E-state index in [-0.39, 0.29) is 0 Å². The van der Waals surface area contributed by atoms with Gasteiger partial charge in [-0.25, -0.2) is 0 Å². The van der Waals surface area contributed by atoms with Crippen LogP contribution in [0.1, 0.15) is 24.6 Å². The summed E-state index contributed by atoms with van der Waals surface area (Å²) in [6.07, 6.45) is 4.49. The fraction of sp³-hybridized carbons (Fsp3) is 0.615. The average Bonchev–Trinajstić information content (AvgIpc) is 2.31. The van der Waals surface area contributed by atoms with Crippen LogP contribution in [0.3, 0.4) is 0 Å². The van der Waals surface area contributed by atoms with E-state index in [2.05, 4.69) is 34.4 Å². The second-order valence-electron chi connectivity index (χ2n) is 4.64. The molecule has 2 unspecified atom stereocenters. The Morgan fingerprint density at radius 3 is 3.06 bits per heavy atom. The molecule has 3 nitrogen and oxygen atoms in total. The molecule has 1 aromatic rings. The molecule has 3 heteroatoms. The van der Waals surface area contributed by atoms with Crippen molar-refractivity contribution in [3.63, 3.8) is 0 Å². The van der Waals surface area contributed by atoms with E-state index in [4.69, 9.17) is 0 Å². The van der Waals surface area contributed by atoms with Crippen molar-refractivity contribution in [3.05, 3.63) is 30.1 Å². The maximum Gasteiger partial charge on any atom is 0.0578 e. The van der Waals surface area contributed by atoms with Gasteiger partial charge in [-0.2, -0.15) is 0 Å². The zero-order chi connectivity index (χ0) is 11.4. The van der Waals surface area contributed by atoms with Crippen LogP contribution in [0.5, 0.6) is 0 Å². The minimum Gasteiger partial charge on any atom is -0.319 e. The van der Waals surface area contributed by atoms with E-state index < -0.39 is 0 Å². The summed E-state index contributed by atoms with van der Waals surface area (Å²) in [7, 11) is 4.24. The molecule has 2 atom stereocenters. The van der Waals surface area contributed by atoms with Crippen LogP contribution in [-0.2, 0) is 0 Å². The summed E-state index contributed by atoms with van der Waals surface area (Å²) in [5.41, 5.74) is 1.21. The van der Waals surface area contributed by atoms with Crippen LogP contribution in [-0.4, -0.2) is 37.1 Å². The van der Waals surface area contributed by atoms with Gasteiger partial charge >= 0.3 is 0 Å². The number of rotatable bonds is 3. The average molecular weight is 219 g/mol. The third kappa shape index (κ3) is 2.42. The predicted molar refractivity (Wildman–Crippen MR) is 66.3 cm³/mol. The van der Waals surface area contributed by atoms with Gasteiger partial charge in [0.05, 0.1) is 11.7 Å². The standard InChI is InChI=1S/C13H21N3/c1-14-10-11-6-5-9-16(2)13(11)12-7-3-4-8-15-12/h3-4,7-8,11,13-14H,5-6,9-10H2,1-2H3. The van der Waals surface area contributed by atoms with Gasteiger partial charge in [0.2, 0.25) is 0 Å². The molecule has 0 amide bonds. The molecule has 1 fully saturated rings. The normalized spacial score (nSPS) is 26.9. The summed E-state index contributed by atoms with van der Waals surface area (Å²) in [4.78, 5) is 6.95. The van der Waals surface area contributed by atoms with E-state index in [9.17, 15) is 0 Å². The van der Waals surface area contributed by atoms with Crippen LogP contribution in [0.25, 0.3) is 0 Å². The highest BCUT2D eigenvalue weighted by Crippen LogP contribution is 2.33.